The third kappa shape index (κ3) is 3.26. The van der Waals surface area contributed by atoms with Gasteiger partial charge in [0, 0.05) is 31.1 Å². The standard InChI is InChI=1S/C20H27N3O2/c1-4-10-21-12-18-13-22(11-5-2)15-20(14-21,23(24)25)19(18)17-8-6-16(3)7-9-17/h4-9,18-19H,1-2,10-15H2,3H3/t18?,19-,20?/m0/s1. The van der Waals surface area contributed by atoms with Crippen LogP contribution in [0.4, 0.5) is 0 Å². The fourth-order valence-electron chi connectivity index (χ4n) is 4.75. The van der Waals surface area contributed by atoms with Crippen molar-refractivity contribution in [1.29, 1.82) is 0 Å². The molecule has 2 bridgehead atoms. The van der Waals surface area contributed by atoms with Gasteiger partial charge in [-0.25, -0.2) is 0 Å². The summed E-state index contributed by atoms with van der Waals surface area (Å²) in [7, 11) is 0. The Labute approximate surface area is 149 Å². The molecule has 2 aliphatic rings. The van der Waals surface area contributed by atoms with Gasteiger partial charge < -0.3 is 0 Å². The van der Waals surface area contributed by atoms with Crippen LogP contribution in [0, 0.1) is 23.0 Å². The Morgan fingerprint density at radius 2 is 1.68 bits per heavy atom. The highest BCUT2D eigenvalue weighted by Gasteiger charge is 2.61. The summed E-state index contributed by atoms with van der Waals surface area (Å²) in [6, 6.07) is 8.29. The lowest BCUT2D eigenvalue weighted by molar-refractivity contribution is -0.585. The van der Waals surface area contributed by atoms with Crippen LogP contribution >= 0.6 is 0 Å². The van der Waals surface area contributed by atoms with Crippen molar-refractivity contribution < 1.29 is 4.92 Å². The van der Waals surface area contributed by atoms with Gasteiger partial charge in [-0.3, -0.25) is 19.9 Å². The number of nitro groups is 1. The summed E-state index contributed by atoms with van der Waals surface area (Å²) < 4.78 is 0. The van der Waals surface area contributed by atoms with Crippen LogP contribution in [0.2, 0.25) is 0 Å². The number of hydrogen-bond donors (Lipinski definition) is 0. The summed E-state index contributed by atoms with van der Waals surface area (Å²) in [6.07, 6.45) is 3.69. The summed E-state index contributed by atoms with van der Waals surface area (Å²) in [5.74, 6) is 0.181. The van der Waals surface area contributed by atoms with Gasteiger partial charge in [-0.05, 0) is 18.4 Å². The molecule has 2 fully saturated rings. The van der Waals surface area contributed by atoms with Gasteiger partial charge in [0.1, 0.15) is 0 Å². The first-order valence-electron chi connectivity index (χ1n) is 8.87. The molecule has 134 valence electrons. The van der Waals surface area contributed by atoms with E-state index in [0.717, 1.165) is 18.7 Å². The minimum atomic E-state index is -0.984. The van der Waals surface area contributed by atoms with Crippen molar-refractivity contribution in [1.82, 2.24) is 9.80 Å². The predicted octanol–water partition coefficient (Wildman–Crippen LogP) is 2.71. The van der Waals surface area contributed by atoms with Crippen molar-refractivity contribution in [2.45, 2.75) is 18.4 Å². The highest BCUT2D eigenvalue weighted by Crippen LogP contribution is 2.46. The first-order chi connectivity index (χ1) is 12.0. The van der Waals surface area contributed by atoms with Crippen LogP contribution in [0.5, 0.6) is 0 Å². The van der Waals surface area contributed by atoms with E-state index in [1.165, 1.54) is 5.56 Å². The number of likely N-dealkylation sites (tertiary alicyclic amines) is 2. The summed E-state index contributed by atoms with van der Waals surface area (Å²) >= 11 is 0. The smallest absolute Gasteiger partial charge is 0.254 e. The number of fused-ring (bicyclic) bond motifs is 2. The van der Waals surface area contributed by atoms with Gasteiger partial charge in [0.2, 0.25) is 0 Å². The number of piperidine rings is 2. The third-order valence-electron chi connectivity index (χ3n) is 5.61. The van der Waals surface area contributed by atoms with E-state index in [-0.39, 0.29) is 16.8 Å². The van der Waals surface area contributed by atoms with E-state index in [4.69, 9.17) is 0 Å². The normalized spacial score (nSPS) is 30.0. The Kier molecular flexibility index (Phi) is 5.06. The van der Waals surface area contributed by atoms with Gasteiger partial charge in [-0.2, -0.15) is 0 Å². The van der Waals surface area contributed by atoms with Crippen LogP contribution in [-0.2, 0) is 0 Å². The second-order valence-corrected chi connectivity index (χ2v) is 7.47. The Morgan fingerprint density at radius 1 is 1.16 bits per heavy atom. The van der Waals surface area contributed by atoms with Gasteiger partial charge in [0.25, 0.3) is 5.54 Å². The van der Waals surface area contributed by atoms with Crippen molar-refractivity contribution in [2.24, 2.45) is 5.92 Å². The van der Waals surface area contributed by atoms with E-state index in [9.17, 15) is 10.1 Å². The SMILES string of the molecule is C=CCN1CC2CN(CC=C)CC([N+](=O)[O-])(C1)[C@H]2c1ccc(C)cc1. The number of hydrogen-bond acceptors (Lipinski definition) is 4. The van der Waals surface area contributed by atoms with Crippen molar-refractivity contribution in [3.8, 4) is 0 Å². The molecule has 0 spiro atoms. The van der Waals surface area contributed by atoms with Crippen LogP contribution < -0.4 is 0 Å². The van der Waals surface area contributed by atoms with Crippen molar-refractivity contribution in [2.75, 3.05) is 39.3 Å². The van der Waals surface area contributed by atoms with Crippen LogP contribution in [0.3, 0.4) is 0 Å². The van der Waals surface area contributed by atoms with Crippen LogP contribution in [-0.4, -0.2) is 59.5 Å². The van der Waals surface area contributed by atoms with E-state index in [1.807, 2.05) is 19.1 Å². The van der Waals surface area contributed by atoms with Crippen molar-refractivity contribution in [3.63, 3.8) is 0 Å². The Hall–Kier alpha value is -1.98. The third-order valence-corrected chi connectivity index (χ3v) is 5.61. The predicted molar refractivity (Wildman–Crippen MR) is 100 cm³/mol. The van der Waals surface area contributed by atoms with Crippen LogP contribution in [0.25, 0.3) is 0 Å². The highest BCUT2D eigenvalue weighted by atomic mass is 16.6. The lowest BCUT2D eigenvalue weighted by Gasteiger charge is -2.52. The Balaban J connectivity index is 2.03. The van der Waals surface area contributed by atoms with Crippen LogP contribution in [0.1, 0.15) is 17.0 Å². The summed E-state index contributed by atoms with van der Waals surface area (Å²) in [5.41, 5.74) is 1.30. The van der Waals surface area contributed by atoms with E-state index >= 15 is 0 Å². The molecule has 1 aromatic carbocycles. The first kappa shape index (κ1) is 17.8. The van der Waals surface area contributed by atoms with Gasteiger partial charge in [0.15, 0.2) is 0 Å². The zero-order valence-electron chi connectivity index (χ0n) is 14.9. The highest BCUT2D eigenvalue weighted by molar-refractivity contribution is 5.30. The zero-order chi connectivity index (χ0) is 18.0. The summed E-state index contributed by atoms with van der Waals surface area (Å²) in [5, 5.41) is 12.3. The minimum absolute atomic E-state index is 0.0188. The molecule has 2 saturated heterocycles. The molecule has 1 aromatic rings. The number of benzene rings is 1. The molecule has 0 saturated carbocycles. The molecule has 3 rings (SSSR count). The Morgan fingerprint density at radius 3 is 2.12 bits per heavy atom. The maximum Gasteiger partial charge on any atom is 0.254 e. The lowest BCUT2D eigenvalue weighted by atomic mass is 9.65. The largest absolute Gasteiger partial charge is 0.292 e. The monoisotopic (exact) mass is 341 g/mol. The zero-order valence-corrected chi connectivity index (χ0v) is 14.9. The van der Waals surface area contributed by atoms with Gasteiger partial charge >= 0.3 is 0 Å². The molecule has 2 heterocycles. The molecule has 1 atom stereocenters. The molecular weight excluding hydrogens is 314 g/mol. The summed E-state index contributed by atoms with van der Waals surface area (Å²) in [6.45, 7) is 13.7. The average molecular weight is 341 g/mol. The van der Waals surface area contributed by atoms with E-state index in [1.54, 1.807) is 0 Å². The number of nitrogens with zero attached hydrogens (tertiary/aromatic N) is 3. The summed E-state index contributed by atoms with van der Waals surface area (Å²) in [4.78, 5) is 16.7. The maximum atomic E-state index is 12.3. The first-order valence-corrected chi connectivity index (χ1v) is 8.87. The van der Waals surface area contributed by atoms with Crippen LogP contribution in [0.15, 0.2) is 49.6 Å². The van der Waals surface area contributed by atoms with Gasteiger partial charge in [-0.1, -0.05) is 42.0 Å². The molecule has 2 aliphatic heterocycles. The molecule has 0 amide bonds. The molecule has 5 heteroatoms. The fraction of sp³-hybridized carbons (Fsp3) is 0.500. The average Bonchev–Trinajstić information content (AvgIpc) is 2.55. The maximum absolute atomic E-state index is 12.3. The van der Waals surface area contributed by atoms with Crippen molar-refractivity contribution in [3.05, 3.63) is 70.8 Å². The second-order valence-electron chi connectivity index (χ2n) is 7.47. The van der Waals surface area contributed by atoms with Gasteiger partial charge in [-0.15, -0.1) is 13.2 Å². The quantitative estimate of drug-likeness (QED) is 0.453. The topological polar surface area (TPSA) is 49.6 Å². The molecule has 0 aromatic heterocycles. The molecule has 0 aliphatic carbocycles. The lowest BCUT2D eigenvalue weighted by Crippen LogP contribution is -2.70. The van der Waals surface area contributed by atoms with E-state index in [2.05, 4.69) is 47.2 Å². The number of aryl methyl sites for hydroxylation is 1. The van der Waals surface area contributed by atoms with E-state index in [0.29, 0.717) is 26.2 Å². The van der Waals surface area contributed by atoms with E-state index < -0.39 is 5.54 Å². The molecule has 25 heavy (non-hydrogen) atoms. The Bertz CT molecular complexity index is 633. The van der Waals surface area contributed by atoms with Crippen molar-refractivity contribution >= 4 is 0 Å². The fourth-order valence-corrected chi connectivity index (χ4v) is 4.75. The molecule has 0 radical (unpaired) electrons. The molecule has 0 unspecified atom stereocenters. The number of rotatable bonds is 6. The van der Waals surface area contributed by atoms with Gasteiger partial charge in [0.05, 0.1) is 19.0 Å². The second kappa shape index (κ2) is 7.10. The minimum Gasteiger partial charge on any atom is -0.292 e. The molecular formula is C20H27N3O2. The molecule has 5 nitrogen and oxygen atoms in total. The molecule has 0 N–H and O–H groups in total.